The van der Waals surface area contributed by atoms with Gasteiger partial charge < -0.3 is 10.6 Å². The van der Waals surface area contributed by atoms with Gasteiger partial charge in [-0.1, -0.05) is 18.2 Å². The molecule has 0 aliphatic rings. The molecule has 0 radical (unpaired) electrons. The summed E-state index contributed by atoms with van der Waals surface area (Å²) in [6, 6.07) is 14.9. The molecular formula is C18H16BrN5O. The minimum Gasteiger partial charge on any atom is -0.345 e. The van der Waals surface area contributed by atoms with Gasteiger partial charge in [-0.15, -0.1) is 0 Å². The number of halogens is 1. The average molecular weight is 398 g/mol. The van der Waals surface area contributed by atoms with E-state index in [2.05, 4.69) is 41.5 Å². The lowest BCUT2D eigenvalue weighted by molar-refractivity contribution is 0.0945. The molecular weight excluding hydrogens is 382 g/mol. The first-order valence-electron chi connectivity index (χ1n) is 7.67. The SMILES string of the molecule is Cc1cc(C(=O)NCc2ccccn2)nc(Nc2ccccc2Br)n1. The largest absolute Gasteiger partial charge is 0.345 e. The van der Waals surface area contributed by atoms with Crippen molar-refractivity contribution in [1.29, 1.82) is 0 Å². The maximum atomic E-state index is 12.4. The van der Waals surface area contributed by atoms with Crippen molar-refractivity contribution in [3.63, 3.8) is 0 Å². The summed E-state index contributed by atoms with van der Waals surface area (Å²) in [5.41, 5.74) is 2.62. The van der Waals surface area contributed by atoms with Crippen molar-refractivity contribution in [2.45, 2.75) is 13.5 Å². The van der Waals surface area contributed by atoms with Gasteiger partial charge in [0.1, 0.15) is 5.69 Å². The Bertz CT molecular complexity index is 886. The second-order valence-corrected chi connectivity index (χ2v) is 6.18. The highest BCUT2D eigenvalue weighted by Gasteiger charge is 2.11. The molecule has 0 spiro atoms. The molecule has 0 atom stereocenters. The maximum Gasteiger partial charge on any atom is 0.270 e. The fourth-order valence-corrected chi connectivity index (χ4v) is 2.57. The van der Waals surface area contributed by atoms with Crippen LogP contribution in [0.25, 0.3) is 0 Å². The van der Waals surface area contributed by atoms with Gasteiger partial charge in [0, 0.05) is 16.4 Å². The van der Waals surface area contributed by atoms with Gasteiger partial charge in [-0.05, 0) is 53.2 Å². The third kappa shape index (κ3) is 4.60. The van der Waals surface area contributed by atoms with Crippen molar-refractivity contribution in [1.82, 2.24) is 20.3 Å². The van der Waals surface area contributed by atoms with Gasteiger partial charge in [0.2, 0.25) is 5.95 Å². The number of hydrogen-bond acceptors (Lipinski definition) is 5. The summed E-state index contributed by atoms with van der Waals surface area (Å²) in [6.07, 6.45) is 1.69. The van der Waals surface area contributed by atoms with Gasteiger partial charge >= 0.3 is 0 Å². The maximum absolute atomic E-state index is 12.4. The van der Waals surface area contributed by atoms with Gasteiger partial charge in [-0.25, -0.2) is 9.97 Å². The number of hydrogen-bond donors (Lipinski definition) is 2. The molecule has 0 fully saturated rings. The van der Waals surface area contributed by atoms with Crippen molar-refractivity contribution in [3.8, 4) is 0 Å². The first kappa shape index (κ1) is 17.0. The van der Waals surface area contributed by atoms with E-state index >= 15 is 0 Å². The molecule has 1 amide bonds. The molecule has 2 N–H and O–H groups in total. The molecule has 0 saturated carbocycles. The number of aryl methyl sites for hydroxylation is 1. The van der Waals surface area contributed by atoms with Crippen molar-refractivity contribution >= 4 is 33.5 Å². The third-order valence-electron chi connectivity index (χ3n) is 3.36. The highest BCUT2D eigenvalue weighted by molar-refractivity contribution is 9.10. The van der Waals surface area contributed by atoms with Crippen LogP contribution in [0, 0.1) is 6.92 Å². The lowest BCUT2D eigenvalue weighted by Gasteiger charge is -2.10. The molecule has 25 heavy (non-hydrogen) atoms. The predicted molar refractivity (Wildman–Crippen MR) is 99.6 cm³/mol. The van der Waals surface area contributed by atoms with Gasteiger partial charge in [0.25, 0.3) is 5.91 Å². The van der Waals surface area contributed by atoms with Crippen LogP contribution < -0.4 is 10.6 Å². The van der Waals surface area contributed by atoms with E-state index in [-0.39, 0.29) is 5.91 Å². The summed E-state index contributed by atoms with van der Waals surface area (Å²) in [4.78, 5) is 25.2. The molecule has 1 aromatic carbocycles. The van der Waals surface area contributed by atoms with Gasteiger partial charge in [-0.3, -0.25) is 9.78 Å². The van der Waals surface area contributed by atoms with Gasteiger partial charge in [0.05, 0.1) is 17.9 Å². The molecule has 0 unspecified atom stereocenters. The van der Waals surface area contributed by atoms with E-state index in [1.165, 1.54) is 0 Å². The topological polar surface area (TPSA) is 79.8 Å². The van der Waals surface area contributed by atoms with Crippen LogP contribution in [0.15, 0.2) is 59.2 Å². The summed E-state index contributed by atoms with van der Waals surface area (Å²) in [5, 5.41) is 5.94. The summed E-state index contributed by atoms with van der Waals surface area (Å²) < 4.78 is 0.890. The van der Waals surface area contributed by atoms with E-state index in [1.54, 1.807) is 12.3 Å². The number of nitrogens with one attached hydrogen (secondary N) is 2. The van der Waals surface area contributed by atoms with Gasteiger partial charge in [0.15, 0.2) is 0 Å². The average Bonchev–Trinajstić information content (AvgIpc) is 2.62. The molecule has 0 aliphatic heterocycles. The molecule has 2 heterocycles. The number of carbonyl (C=O) groups is 1. The Morgan fingerprint density at radius 1 is 1.12 bits per heavy atom. The highest BCUT2D eigenvalue weighted by atomic mass is 79.9. The summed E-state index contributed by atoms with van der Waals surface area (Å²) in [7, 11) is 0. The molecule has 6 nitrogen and oxygen atoms in total. The predicted octanol–water partition coefficient (Wildman–Crippen LogP) is 3.62. The monoisotopic (exact) mass is 397 g/mol. The standard InChI is InChI=1S/C18H16BrN5O/c1-12-10-16(17(25)21-11-13-6-4-5-9-20-13)24-18(22-12)23-15-8-3-2-7-14(15)19/h2-10H,11H2,1H3,(H,21,25)(H,22,23,24). The third-order valence-corrected chi connectivity index (χ3v) is 4.05. The number of carbonyl (C=O) groups excluding carboxylic acids is 1. The lowest BCUT2D eigenvalue weighted by atomic mass is 10.3. The first-order chi connectivity index (χ1) is 12.1. The Kier molecular flexibility index (Phi) is 5.35. The number of nitrogens with zero attached hydrogens (tertiary/aromatic N) is 3. The minimum absolute atomic E-state index is 0.272. The Morgan fingerprint density at radius 2 is 1.92 bits per heavy atom. The summed E-state index contributed by atoms with van der Waals surface area (Å²) in [5.74, 6) is 0.0983. The van der Waals surface area contributed by atoms with Crippen molar-refractivity contribution in [3.05, 3.63) is 76.3 Å². The van der Waals surface area contributed by atoms with Crippen LogP contribution in [0.3, 0.4) is 0 Å². The highest BCUT2D eigenvalue weighted by Crippen LogP contribution is 2.23. The number of pyridine rings is 1. The normalized spacial score (nSPS) is 10.3. The molecule has 0 aliphatic carbocycles. The van der Waals surface area contributed by atoms with Crippen LogP contribution in [0.2, 0.25) is 0 Å². The van der Waals surface area contributed by atoms with E-state index in [1.807, 2.05) is 49.4 Å². The number of anilines is 2. The van der Waals surface area contributed by atoms with Crippen LogP contribution in [0.1, 0.15) is 21.9 Å². The van der Waals surface area contributed by atoms with E-state index in [9.17, 15) is 4.79 Å². The Morgan fingerprint density at radius 3 is 2.68 bits per heavy atom. The van der Waals surface area contributed by atoms with E-state index in [4.69, 9.17) is 0 Å². The lowest BCUT2D eigenvalue weighted by Crippen LogP contribution is -2.24. The van der Waals surface area contributed by atoms with Gasteiger partial charge in [-0.2, -0.15) is 0 Å². The molecule has 3 rings (SSSR count). The second kappa shape index (κ2) is 7.85. The van der Waals surface area contributed by atoms with E-state index in [0.29, 0.717) is 23.9 Å². The zero-order chi connectivity index (χ0) is 17.6. The first-order valence-corrected chi connectivity index (χ1v) is 8.46. The Hall–Kier alpha value is -2.80. The van der Waals surface area contributed by atoms with Crippen LogP contribution in [0.4, 0.5) is 11.6 Å². The fourth-order valence-electron chi connectivity index (χ4n) is 2.19. The molecule has 7 heteroatoms. The number of rotatable bonds is 5. The molecule has 0 bridgehead atoms. The quantitative estimate of drug-likeness (QED) is 0.687. The molecule has 2 aromatic heterocycles. The number of para-hydroxylation sites is 1. The summed E-state index contributed by atoms with van der Waals surface area (Å²) in [6.45, 7) is 2.16. The van der Waals surface area contributed by atoms with Crippen LogP contribution >= 0.6 is 15.9 Å². The van der Waals surface area contributed by atoms with Crippen molar-refractivity contribution in [2.75, 3.05) is 5.32 Å². The smallest absolute Gasteiger partial charge is 0.270 e. The zero-order valence-electron chi connectivity index (χ0n) is 13.5. The number of amides is 1. The van der Waals surface area contributed by atoms with Crippen molar-refractivity contribution in [2.24, 2.45) is 0 Å². The van der Waals surface area contributed by atoms with Crippen LogP contribution in [-0.2, 0) is 6.54 Å². The number of benzene rings is 1. The van der Waals surface area contributed by atoms with E-state index in [0.717, 1.165) is 15.9 Å². The Labute approximate surface area is 153 Å². The fraction of sp³-hybridized carbons (Fsp3) is 0.111. The van der Waals surface area contributed by atoms with E-state index < -0.39 is 0 Å². The van der Waals surface area contributed by atoms with Crippen LogP contribution in [-0.4, -0.2) is 20.9 Å². The van der Waals surface area contributed by atoms with Crippen LogP contribution in [0.5, 0.6) is 0 Å². The molecule has 126 valence electrons. The Balaban J connectivity index is 1.74. The second-order valence-electron chi connectivity index (χ2n) is 5.33. The number of aromatic nitrogens is 3. The summed E-state index contributed by atoms with van der Waals surface area (Å²) >= 11 is 3.47. The van der Waals surface area contributed by atoms with Crippen molar-refractivity contribution < 1.29 is 4.79 Å². The minimum atomic E-state index is -0.272. The zero-order valence-corrected chi connectivity index (χ0v) is 15.1. The molecule has 0 saturated heterocycles. The molecule has 3 aromatic rings.